The van der Waals surface area contributed by atoms with Crippen molar-refractivity contribution in [1.29, 1.82) is 0 Å². The highest BCUT2D eigenvalue weighted by atomic mass is 19.4. The molecule has 0 bridgehead atoms. The maximum Gasteiger partial charge on any atom is 0.451 e. The molecule has 2 aliphatic rings. The van der Waals surface area contributed by atoms with Crippen molar-refractivity contribution >= 4 is 6.09 Å². The predicted molar refractivity (Wildman–Crippen MR) is 61.0 cm³/mol. The normalized spacial score (nSPS) is 21.4. The van der Waals surface area contributed by atoms with Gasteiger partial charge < -0.3 is 10.0 Å². The van der Waals surface area contributed by atoms with Gasteiger partial charge in [-0.15, -0.1) is 0 Å². The fourth-order valence-corrected chi connectivity index (χ4v) is 3.07. The molecule has 1 saturated heterocycles. The van der Waals surface area contributed by atoms with Crippen LogP contribution in [0.1, 0.15) is 30.1 Å². The average molecular weight is 287 g/mol. The largest absolute Gasteiger partial charge is 0.465 e. The fourth-order valence-electron chi connectivity index (χ4n) is 3.07. The van der Waals surface area contributed by atoms with Gasteiger partial charge in [0.2, 0.25) is 5.82 Å². The van der Waals surface area contributed by atoms with E-state index in [1.165, 1.54) is 17.3 Å². The first-order valence-corrected chi connectivity index (χ1v) is 6.16. The van der Waals surface area contributed by atoms with Crippen LogP contribution in [0.4, 0.5) is 18.0 Å². The summed E-state index contributed by atoms with van der Waals surface area (Å²) >= 11 is 0. The van der Waals surface area contributed by atoms with Crippen molar-refractivity contribution in [2.45, 2.75) is 24.9 Å². The molecule has 1 spiro atoms. The Morgan fingerprint density at radius 3 is 2.30 bits per heavy atom. The van der Waals surface area contributed by atoms with Gasteiger partial charge >= 0.3 is 12.3 Å². The summed E-state index contributed by atoms with van der Waals surface area (Å²) in [5.74, 6) is -0.996. The van der Waals surface area contributed by atoms with E-state index in [1.54, 1.807) is 0 Å². The number of amides is 1. The SMILES string of the molecule is O=C(O)N1CC2(CC(c3cnc(C(F)(F)F)nc3)C2)C1. The zero-order valence-corrected chi connectivity index (χ0v) is 10.4. The highest BCUT2D eigenvalue weighted by Crippen LogP contribution is 2.55. The van der Waals surface area contributed by atoms with Gasteiger partial charge in [0.1, 0.15) is 0 Å². The Kier molecular flexibility index (Phi) is 2.67. The lowest BCUT2D eigenvalue weighted by molar-refractivity contribution is -0.145. The van der Waals surface area contributed by atoms with E-state index in [0.717, 1.165) is 12.8 Å². The van der Waals surface area contributed by atoms with Crippen LogP contribution in [-0.2, 0) is 6.18 Å². The van der Waals surface area contributed by atoms with Gasteiger partial charge in [0.05, 0.1) is 0 Å². The summed E-state index contributed by atoms with van der Waals surface area (Å²) in [6.45, 7) is 1.03. The van der Waals surface area contributed by atoms with Crippen molar-refractivity contribution in [2.24, 2.45) is 5.41 Å². The zero-order chi connectivity index (χ0) is 14.5. The van der Waals surface area contributed by atoms with E-state index in [0.29, 0.717) is 18.7 Å². The molecule has 1 aromatic heterocycles. The number of alkyl halides is 3. The summed E-state index contributed by atoms with van der Waals surface area (Å²) in [5.41, 5.74) is 0.712. The molecule has 1 aromatic rings. The Morgan fingerprint density at radius 2 is 1.85 bits per heavy atom. The summed E-state index contributed by atoms with van der Waals surface area (Å²) < 4.78 is 37.0. The predicted octanol–water partition coefficient (Wildman–Crippen LogP) is 2.35. The molecule has 1 aliphatic heterocycles. The van der Waals surface area contributed by atoms with Crippen molar-refractivity contribution in [3.8, 4) is 0 Å². The molecule has 2 heterocycles. The van der Waals surface area contributed by atoms with E-state index in [1.807, 2.05) is 0 Å². The lowest BCUT2D eigenvalue weighted by atomic mass is 9.56. The van der Waals surface area contributed by atoms with Crippen molar-refractivity contribution < 1.29 is 23.1 Å². The molecule has 1 amide bonds. The Bertz CT molecular complexity index is 530. The van der Waals surface area contributed by atoms with E-state index >= 15 is 0 Å². The quantitative estimate of drug-likeness (QED) is 0.861. The van der Waals surface area contributed by atoms with Crippen molar-refractivity contribution in [1.82, 2.24) is 14.9 Å². The summed E-state index contributed by atoms with van der Waals surface area (Å²) in [6, 6.07) is 0. The minimum absolute atomic E-state index is 0.0196. The number of likely N-dealkylation sites (tertiary alicyclic amines) is 1. The van der Waals surface area contributed by atoms with Gasteiger partial charge in [0, 0.05) is 30.9 Å². The molecular formula is C12H12F3N3O2. The van der Waals surface area contributed by atoms with Crippen LogP contribution in [-0.4, -0.2) is 39.2 Å². The Balaban J connectivity index is 1.60. The number of carbonyl (C=O) groups is 1. The molecule has 0 atom stereocenters. The minimum Gasteiger partial charge on any atom is -0.465 e. The topological polar surface area (TPSA) is 66.3 Å². The number of rotatable bonds is 1. The maximum absolute atomic E-state index is 12.3. The summed E-state index contributed by atoms with van der Waals surface area (Å²) in [6.07, 6.45) is -1.43. The number of carboxylic acid groups (broad SMARTS) is 1. The number of nitrogens with zero attached hydrogens (tertiary/aromatic N) is 3. The molecule has 8 heteroatoms. The second-order valence-electron chi connectivity index (χ2n) is 5.58. The zero-order valence-electron chi connectivity index (χ0n) is 10.4. The van der Waals surface area contributed by atoms with Gasteiger partial charge in [0.15, 0.2) is 0 Å². The maximum atomic E-state index is 12.3. The van der Waals surface area contributed by atoms with Crippen LogP contribution >= 0.6 is 0 Å². The lowest BCUT2D eigenvalue weighted by Crippen LogP contribution is -2.62. The summed E-state index contributed by atoms with van der Waals surface area (Å²) in [7, 11) is 0. The molecular weight excluding hydrogens is 275 g/mol. The second-order valence-corrected chi connectivity index (χ2v) is 5.58. The summed E-state index contributed by atoms with van der Waals surface area (Å²) in [5, 5.41) is 8.77. The third-order valence-corrected chi connectivity index (χ3v) is 4.08. The number of aromatic nitrogens is 2. The molecule has 1 aliphatic carbocycles. The highest BCUT2D eigenvalue weighted by Gasteiger charge is 2.54. The lowest BCUT2D eigenvalue weighted by Gasteiger charge is -2.58. The van der Waals surface area contributed by atoms with Gasteiger partial charge in [-0.3, -0.25) is 0 Å². The van der Waals surface area contributed by atoms with Crippen LogP contribution in [0.5, 0.6) is 0 Å². The molecule has 0 aromatic carbocycles. The van der Waals surface area contributed by atoms with Crippen LogP contribution in [0.25, 0.3) is 0 Å². The van der Waals surface area contributed by atoms with E-state index < -0.39 is 18.1 Å². The molecule has 5 nitrogen and oxygen atoms in total. The van der Waals surface area contributed by atoms with E-state index in [2.05, 4.69) is 9.97 Å². The minimum atomic E-state index is -4.52. The van der Waals surface area contributed by atoms with E-state index in [-0.39, 0.29) is 11.3 Å². The molecule has 0 radical (unpaired) electrons. The monoisotopic (exact) mass is 287 g/mol. The van der Waals surface area contributed by atoms with Crippen molar-refractivity contribution in [3.63, 3.8) is 0 Å². The molecule has 1 N–H and O–H groups in total. The van der Waals surface area contributed by atoms with Crippen LogP contribution in [0.15, 0.2) is 12.4 Å². The van der Waals surface area contributed by atoms with Crippen molar-refractivity contribution in [2.75, 3.05) is 13.1 Å². The standard InChI is InChI=1S/C12H12F3N3O2/c13-12(14,15)9-16-3-8(4-17-9)7-1-11(2-7)5-18(6-11)10(19)20/h3-4,7H,1-2,5-6H2,(H,19,20). The molecule has 20 heavy (non-hydrogen) atoms. The molecule has 1 saturated carbocycles. The van der Waals surface area contributed by atoms with E-state index in [4.69, 9.17) is 5.11 Å². The first-order chi connectivity index (χ1) is 9.29. The third-order valence-electron chi connectivity index (χ3n) is 4.08. The second kappa shape index (κ2) is 4.07. The highest BCUT2D eigenvalue weighted by molar-refractivity contribution is 5.66. The number of halogens is 3. The summed E-state index contributed by atoms with van der Waals surface area (Å²) in [4.78, 5) is 18.7. The van der Waals surface area contributed by atoms with Gasteiger partial charge in [0.25, 0.3) is 0 Å². The number of hydrogen-bond donors (Lipinski definition) is 1. The third kappa shape index (κ3) is 2.08. The van der Waals surface area contributed by atoms with Crippen LogP contribution in [0.2, 0.25) is 0 Å². The fraction of sp³-hybridized carbons (Fsp3) is 0.583. The first kappa shape index (κ1) is 13.1. The molecule has 108 valence electrons. The van der Waals surface area contributed by atoms with E-state index in [9.17, 15) is 18.0 Å². The molecule has 3 rings (SSSR count). The Labute approximate surface area is 112 Å². The van der Waals surface area contributed by atoms with Crippen LogP contribution in [0.3, 0.4) is 0 Å². The van der Waals surface area contributed by atoms with Crippen LogP contribution in [0, 0.1) is 5.41 Å². The van der Waals surface area contributed by atoms with Crippen LogP contribution < -0.4 is 0 Å². The Morgan fingerprint density at radius 1 is 1.30 bits per heavy atom. The van der Waals surface area contributed by atoms with Gasteiger partial charge in [-0.1, -0.05) is 0 Å². The van der Waals surface area contributed by atoms with Gasteiger partial charge in [-0.2, -0.15) is 13.2 Å². The van der Waals surface area contributed by atoms with Crippen molar-refractivity contribution in [3.05, 3.63) is 23.8 Å². The Hall–Kier alpha value is -1.86. The first-order valence-electron chi connectivity index (χ1n) is 6.16. The average Bonchev–Trinajstić information content (AvgIpc) is 2.24. The molecule has 2 fully saturated rings. The van der Waals surface area contributed by atoms with Gasteiger partial charge in [-0.05, 0) is 24.3 Å². The van der Waals surface area contributed by atoms with Gasteiger partial charge in [-0.25, -0.2) is 14.8 Å². The smallest absolute Gasteiger partial charge is 0.451 e. The number of hydrogen-bond acceptors (Lipinski definition) is 3. The molecule has 0 unspecified atom stereocenters.